The lowest BCUT2D eigenvalue weighted by atomic mass is 10.1. The van der Waals surface area contributed by atoms with Crippen molar-refractivity contribution in [2.24, 2.45) is 0 Å². The van der Waals surface area contributed by atoms with Crippen LogP contribution in [0.1, 0.15) is 18.1 Å². The maximum absolute atomic E-state index is 13.4. The molecule has 1 aliphatic rings. The number of anilines is 2. The lowest BCUT2D eigenvalue weighted by Crippen LogP contribution is -2.21. The maximum atomic E-state index is 13.4. The third-order valence-electron chi connectivity index (χ3n) is 3.64. The van der Waals surface area contributed by atoms with Gasteiger partial charge in [0.1, 0.15) is 11.6 Å². The van der Waals surface area contributed by atoms with Crippen LogP contribution < -0.4 is 10.2 Å². The van der Waals surface area contributed by atoms with E-state index in [1.807, 2.05) is 12.1 Å². The summed E-state index contributed by atoms with van der Waals surface area (Å²) >= 11 is 0. The molecule has 2 heterocycles. The average Bonchev–Trinajstić information content (AvgIpc) is 2.84. The molecule has 0 fully saturated rings. The third-order valence-corrected chi connectivity index (χ3v) is 3.64. The highest BCUT2D eigenvalue weighted by Gasteiger charge is 2.20. The number of halogens is 1. The minimum absolute atomic E-state index is 0.172. The molecule has 0 bridgehead atoms. The van der Waals surface area contributed by atoms with Crippen LogP contribution in [-0.4, -0.2) is 18.1 Å². The molecule has 0 spiro atoms. The van der Waals surface area contributed by atoms with Crippen LogP contribution in [0.3, 0.4) is 0 Å². The molecule has 4 heteroatoms. The predicted molar refractivity (Wildman–Crippen MR) is 79.6 cm³/mol. The van der Waals surface area contributed by atoms with E-state index in [0.717, 1.165) is 43.1 Å². The smallest absolute Gasteiger partial charge is 0.130 e. The molecule has 1 aromatic carbocycles. The number of fused-ring (bicyclic) bond motifs is 1. The van der Waals surface area contributed by atoms with E-state index in [0.29, 0.717) is 0 Å². The standard InChI is InChI=1S/C16H18FN3/c1-2-18-16-13(4-3-8-19-16)11-20-9-7-12-5-6-14(17)10-15(12)20/h3-6,8,10H,2,7,9,11H2,1H3,(H,18,19). The molecule has 0 radical (unpaired) electrons. The Morgan fingerprint density at radius 3 is 3.10 bits per heavy atom. The van der Waals surface area contributed by atoms with Crippen molar-refractivity contribution in [3.05, 3.63) is 53.5 Å². The monoisotopic (exact) mass is 271 g/mol. The highest BCUT2D eigenvalue weighted by molar-refractivity contribution is 5.59. The van der Waals surface area contributed by atoms with Gasteiger partial charge in [0.05, 0.1) is 0 Å². The number of rotatable bonds is 4. The zero-order valence-electron chi connectivity index (χ0n) is 11.6. The Kier molecular flexibility index (Phi) is 3.54. The van der Waals surface area contributed by atoms with Gasteiger partial charge in [0.25, 0.3) is 0 Å². The van der Waals surface area contributed by atoms with E-state index in [1.54, 1.807) is 12.3 Å². The van der Waals surface area contributed by atoms with E-state index >= 15 is 0 Å². The van der Waals surface area contributed by atoms with Gasteiger partial charge in [-0.2, -0.15) is 0 Å². The summed E-state index contributed by atoms with van der Waals surface area (Å²) in [6.45, 7) is 4.58. The number of hydrogen-bond acceptors (Lipinski definition) is 3. The van der Waals surface area contributed by atoms with Crippen molar-refractivity contribution in [1.82, 2.24) is 4.98 Å². The minimum atomic E-state index is -0.172. The van der Waals surface area contributed by atoms with Crippen molar-refractivity contribution in [2.45, 2.75) is 19.9 Å². The van der Waals surface area contributed by atoms with Gasteiger partial charge in [-0.15, -0.1) is 0 Å². The molecule has 20 heavy (non-hydrogen) atoms. The fourth-order valence-electron chi connectivity index (χ4n) is 2.68. The predicted octanol–water partition coefficient (Wildman–Crippen LogP) is 3.22. The highest BCUT2D eigenvalue weighted by Crippen LogP contribution is 2.30. The van der Waals surface area contributed by atoms with Gasteiger partial charge < -0.3 is 10.2 Å². The van der Waals surface area contributed by atoms with Crippen LogP contribution in [-0.2, 0) is 13.0 Å². The van der Waals surface area contributed by atoms with Crippen molar-refractivity contribution in [1.29, 1.82) is 0 Å². The van der Waals surface area contributed by atoms with Crippen LogP contribution in [0.2, 0.25) is 0 Å². The van der Waals surface area contributed by atoms with Gasteiger partial charge in [-0.05, 0) is 37.1 Å². The topological polar surface area (TPSA) is 28.2 Å². The zero-order chi connectivity index (χ0) is 13.9. The molecule has 0 saturated heterocycles. The molecule has 3 nitrogen and oxygen atoms in total. The first-order chi connectivity index (χ1) is 9.78. The molecule has 1 aromatic heterocycles. The molecule has 0 unspecified atom stereocenters. The number of nitrogens with zero attached hydrogens (tertiary/aromatic N) is 2. The van der Waals surface area contributed by atoms with Crippen molar-refractivity contribution < 1.29 is 4.39 Å². The Bertz CT molecular complexity index is 612. The molecule has 1 N–H and O–H groups in total. The van der Waals surface area contributed by atoms with Crippen LogP contribution >= 0.6 is 0 Å². The highest BCUT2D eigenvalue weighted by atomic mass is 19.1. The third kappa shape index (κ3) is 2.46. The number of nitrogens with one attached hydrogen (secondary N) is 1. The molecule has 2 aromatic rings. The average molecular weight is 271 g/mol. The van der Waals surface area contributed by atoms with Crippen LogP contribution in [0.25, 0.3) is 0 Å². The minimum Gasteiger partial charge on any atom is -0.370 e. The fourth-order valence-corrected chi connectivity index (χ4v) is 2.68. The molecule has 0 atom stereocenters. The van der Waals surface area contributed by atoms with Crippen LogP contribution in [0.4, 0.5) is 15.9 Å². The van der Waals surface area contributed by atoms with Crippen LogP contribution in [0.15, 0.2) is 36.5 Å². The number of pyridine rings is 1. The van der Waals surface area contributed by atoms with E-state index in [-0.39, 0.29) is 5.82 Å². The van der Waals surface area contributed by atoms with Gasteiger partial charge in [-0.1, -0.05) is 12.1 Å². The molecule has 1 aliphatic heterocycles. The van der Waals surface area contributed by atoms with Crippen molar-refractivity contribution in [2.75, 3.05) is 23.3 Å². The van der Waals surface area contributed by atoms with Gasteiger partial charge in [-0.3, -0.25) is 0 Å². The first kappa shape index (κ1) is 12.9. The van der Waals surface area contributed by atoms with Crippen LogP contribution in [0.5, 0.6) is 0 Å². The van der Waals surface area contributed by atoms with Gasteiger partial charge in [0.15, 0.2) is 0 Å². The summed E-state index contributed by atoms with van der Waals surface area (Å²) in [5.74, 6) is 0.744. The summed E-state index contributed by atoms with van der Waals surface area (Å²) in [6.07, 6.45) is 2.77. The van der Waals surface area contributed by atoms with E-state index in [1.165, 1.54) is 11.6 Å². The molecule has 104 valence electrons. The second kappa shape index (κ2) is 5.49. The van der Waals surface area contributed by atoms with Crippen LogP contribution in [0, 0.1) is 5.82 Å². The molecule has 3 rings (SSSR count). The van der Waals surface area contributed by atoms with Gasteiger partial charge in [0.2, 0.25) is 0 Å². The molecule has 0 saturated carbocycles. The molecular weight excluding hydrogens is 253 g/mol. The number of aromatic nitrogens is 1. The summed E-state index contributed by atoms with van der Waals surface area (Å²) in [5.41, 5.74) is 3.38. The molecular formula is C16H18FN3. The molecule has 0 amide bonds. The Hall–Kier alpha value is -2.10. The SMILES string of the molecule is CCNc1ncccc1CN1CCc2ccc(F)cc21. The quantitative estimate of drug-likeness (QED) is 0.925. The van der Waals surface area contributed by atoms with Crippen molar-refractivity contribution >= 4 is 11.5 Å². The van der Waals surface area contributed by atoms with Crippen molar-refractivity contribution in [3.63, 3.8) is 0 Å². The van der Waals surface area contributed by atoms with Gasteiger partial charge in [0, 0.05) is 37.1 Å². The van der Waals surface area contributed by atoms with E-state index < -0.39 is 0 Å². The Morgan fingerprint density at radius 1 is 1.35 bits per heavy atom. The van der Waals surface area contributed by atoms with E-state index in [4.69, 9.17) is 0 Å². The summed E-state index contributed by atoms with van der Waals surface area (Å²) in [4.78, 5) is 6.59. The fraction of sp³-hybridized carbons (Fsp3) is 0.312. The molecule has 0 aliphatic carbocycles. The summed E-state index contributed by atoms with van der Waals surface area (Å²) in [6, 6.07) is 9.07. The Morgan fingerprint density at radius 2 is 2.25 bits per heavy atom. The Labute approximate surface area is 118 Å². The van der Waals surface area contributed by atoms with E-state index in [2.05, 4.69) is 28.2 Å². The lowest BCUT2D eigenvalue weighted by molar-refractivity contribution is 0.627. The summed E-state index contributed by atoms with van der Waals surface area (Å²) in [5, 5.41) is 3.27. The normalized spacial score (nSPS) is 13.4. The maximum Gasteiger partial charge on any atom is 0.130 e. The van der Waals surface area contributed by atoms with Gasteiger partial charge >= 0.3 is 0 Å². The number of benzene rings is 1. The summed E-state index contributed by atoms with van der Waals surface area (Å²) in [7, 11) is 0. The lowest BCUT2D eigenvalue weighted by Gasteiger charge is -2.21. The number of hydrogen-bond donors (Lipinski definition) is 1. The first-order valence-electron chi connectivity index (χ1n) is 6.99. The summed E-state index contributed by atoms with van der Waals surface area (Å²) < 4.78 is 13.4. The van der Waals surface area contributed by atoms with E-state index in [9.17, 15) is 4.39 Å². The second-order valence-corrected chi connectivity index (χ2v) is 4.99. The van der Waals surface area contributed by atoms with Crippen molar-refractivity contribution in [3.8, 4) is 0 Å². The zero-order valence-corrected chi connectivity index (χ0v) is 11.6. The first-order valence-corrected chi connectivity index (χ1v) is 6.99. The largest absolute Gasteiger partial charge is 0.370 e. The van der Waals surface area contributed by atoms with Gasteiger partial charge in [-0.25, -0.2) is 9.37 Å². The Balaban J connectivity index is 1.85. The second-order valence-electron chi connectivity index (χ2n) is 4.99.